The first kappa shape index (κ1) is 38.5. The van der Waals surface area contributed by atoms with Gasteiger partial charge < -0.3 is 14.0 Å². The summed E-state index contributed by atoms with van der Waals surface area (Å²) in [4.78, 5) is 2.36. The highest BCUT2D eigenvalue weighted by Crippen LogP contribution is 2.40. The molecule has 11 aromatic carbocycles. The standard InChI is InChI=1S/C64H43N3/c1-2-15-50(16-3-1)67-63-24-11-8-20-59(63)60-42-33-49(43-64(60)67)46-27-25-44(26-28-46)45-29-34-51(35-30-45)65(52-36-31-48(32-37-52)56-21-12-14-47-13-4-5-17-55(47)56)53-38-40-54(41-39-53)66-61-22-9-6-18-57(61)58-19-7-10-23-62(58)66/h1-43H. The van der Waals surface area contributed by atoms with E-state index in [-0.39, 0.29) is 0 Å². The van der Waals surface area contributed by atoms with Gasteiger partial charge in [0.15, 0.2) is 0 Å². The van der Waals surface area contributed by atoms with Crippen LogP contribution in [-0.2, 0) is 0 Å². The fraction of sp³-hybridized carbons (Fsp3) is 0. The van der Waals surface area contributed by atoms with Crippen LogP contribution in [0.25, 0.3) is 99.1 Å². The number of hydrogen-bond donors (Lipinski definition) is 0. The third-order valence-corrected chi connectivity index (χ3v) is 13.5. The van der Waals surface area contributed by atoms with Crippen LogP contribution in [0.1, 0.15) is 0 Å². The van der Waals surface area contributed by atoms with Crippen LogP contribution < -0.4 is 4.90 Å². The van der Waals surface area contributed by atoms with E-state index in [9.17, 15) is 0 Å². The number of anilines is 3. The SMILES string of the molecule is c1ccc(-n2c3ccccc3c3ccc(-c4ccc(-c5ccc(N(c6ccc(-c7cccc8ccccc78)cc6)c6ccc(-n7c8ccccc8c8ccccc87)cc6)cc5)cc4)cc32)cc1. The normalized spacial score (nSPS) is 11.6. The van der Waals surface area contributed by atoms with Crippen LogP contribution in [0.15, 0.2) is 261 Å². The molecule has 0 saturated carbocycles. The number of hydrogen-bond acceptors (Lipinski definition) is 1. The van der Waals surface area contributed by atoms with E-state index in [1.165, 1.54) is 87.8 Å². The number of rotatable bonds is 8. The molecule has 0 aliphatic heterocycles. The van der Waals surface area contributed by atoms with Crippen LogP contribution in [-0.4, -0.2) is 9.13 Å². The Morgan fingerprint density at radius 3 is 1.21 bits per heavy atom. The molecule has 0 fully saturated rings. The molecule has 0 N–H and O–H groups in total. The van der Waals surface area contributed by atoms with Crippen molar-refractivity contribution in [2.24, 2.45) is 0 Å². The minimum atomic E-state index is 1.09. The molecule has 0 bridgehead atoms. The molecule has 3 heteroatoms. The van der Waals surface area contributed by atoms with Crippen molar-refractivity contribution in [1.82, 2.24) is 9.13 Å². The van der Waals surface area contributed by atoms with Crippen molar-refractivity contribution in [2.75, 3.05) is 4.90 Å². The third kappa shape index (κ3) is 6.59. The maximum absolute atomic E-state index is 2.38. The van der Waals surface area contributed by atoms with E-state index in [2.05, 4.69) is 275 Å². The molecule has 314 valence electrons. The highest BCUT2D eigenvalue weighted by atomic mass is 15.1. The van der Waals surface area contributed by atoms with Crippen molar-refractivity contribution in [3.63, 3.8) is 0 Å². The molecule has 2 aromatic heterocycles. The molecule has 2 heterocycles. The lowest BCUT2D eigenvalue weighted by Crippen LogP contribution is -2.10. The van der Waals surface area contributed by atoms with Crippen molar-refractivity contribution in [2.45, 2.75) is 0 Å². The Balaban J connectivity index is 0.852. The van der Waals surface area contributed by atoms with Crippen molar-refractivity contribution < 1.29 is 0 Å². The van der Waals surface area contributed by atoms with Crippen molar-refractivity contribution in [1.29, 1.82) is 0 Å². The van der Waals surface area contributed by atoms with Crippen molar-refractivity contribution in [3.8, 4) is 44.8 Å². The highest BCUT2D eigenvalue weighted by Gasteiger charge is 2.17. The smallest absolute Gasteiger partial charge is 0.0547 e. The topological polar surface area (TPSA) is 13.1 Å². The van der Waals surface area contributed by atoms with Crippen LogP contribution in [0.2, 0.25) is 0 Å². The fourth-order valence-corrected chi connectivity index (χ4v) is 10.3. The first-order valence-corrected chi connectivity index (χ1v) is 23.0. The summed E-state index contributed by atoms with van der Waals surface area (Å²) in [5.74, 6) is 0. The Morgan fingerprint density at radius 1 is 0.239 bits per heavy atom. The van der Waals surface area contributed by atoms with Gasteiger partial charge in [-0.25, -0.2) is 0 Å². The third-order valence-electron chi connectivity index (χ3n) is 13.5. The Hall–Kier alpha value is -8.92. The monoisotopic (exact) mass is 853 g/mol. The number of para-hydroxylation sites is 4. The number of fused-ring (bicyclic) bond motifs is 7. The molecule has 13 rings (SSSR count). The van der Waals surface area contributed by atoms with Gasteiger partial charge in [-0.2, -0.15) is 0 Å². The molecule has 0 atom stereocenters. The molecule has 0 aliphatic carbocycles. The second-order valence-corrected chi connectivity index (χ2v) is 17.3. The molecular weight excluding hydrogens is 811 g/mol. The molecule has 0 radical (unpaired) electrons. The summed E-state index contributed by atoms with van der Waals surface area (Å²) in [5, 5.41) is 7.54. The van der Waals surface area contributed by atoms with E-state index in [0.29, 0.717) is 0 Å². The first-order chi connectivity index (χ1) is 33.2. The summed E-state index contributed by atoms with van der Waals surface area (Å²) in [6.45, 7) is 0. The molecule has 13 aromatic rings. The largest absolute Gasteiger partial charge is 0.311 e. The van der Waals surface area contributed by atoms with Gasteiger partial charge in [-0.15, -0.1) is 0 Å². The minimum Gasteiger partial charge on any atom is -0.311 e. The van der Waals surface area contributed by atoms with Crippen LogP contribution >= 0.6 is 0 Å². The molecular formula is C64H43N3. The Labute approximate surface area is 389 Å². The lowest BCUT2D eigenvalue weighted by Gasteiger charge is -2.26. The van der Waals surface area contributed by atoms with E-state index < -0.39 is 0 Å². The summed E-state index contributed by atoms with van der Waals surface area (Å²) in [7, 11) is 0. The van der Waals surface area contributed by atoms with Gasteiger partial charge in [-0.05, 0) is 129 Å². The van der Waals surface area contributed by atoms with Gasteiger partial charge in [-0.3, -0.25) is 0 Å². The zero-order chi connectivity index (χ0) is 44.3. The molecule has 0 saturated heterocycles. The van der Waals surface area contributed by atoms with Crippen molar-refractivity contribution >= 4 is 71.4 Å². The van der Waals surface area contributed by atoms with E-state index in [4.69, 9.17) is 0 Å². The zero-order valence-electron chi connectivity index (χ0n) is 36.7. The lowest BCUT2D eigenvalue weighted by molar-refractivity contribution is 1.17. The molecule has 0 aliphatic rings. The van der Waals surface area contributed by atoms with Gasteiger partial charge in [-0.1, -0.05) is 176 Å². The maximum atomic E-state index is 2.38. The lowest BCUT2D eigenvalue weighted by atomic mass is 9.98. The van der Waals surface area contributed by atoms with Gasteiger partial charge in [0.05, 0.1) is 22.1 Å². The first-order valence-electron chi connectivity index (χ1n) is 23.0. The average Bonchev–Trinajstić information content (AvgIpc) is 3.92. The Bertz CT molecular complexity index is 3880. The van der Waals surface area contributed by atoms with Gasteiger partial charge in [0.2, 0.25) is 0 Å². The van der Waals surface area contributed by atoms with Gasteiger partial charge in [0.1, 0.15) is 0 Å². The summed E-state index contributed by atoms with van der Waals surface area (Å²) < 4.78 is 4.76. The highest BCUT2D eigenvalue weighted by molar-refractivity contribution is 6.11. The Morgan fingerprint density at radius 2 is 0.627 bits per heavy atom. The van der Waals surface area contributed by atoms with E-state index in [1.54, 1.807) is 0 Å². The van der Waals surface area contributed by atoms with Crippen LogP contribution in [0.5, 0.6) is 0 Å². The van der Waals surface area contributed by atoms with Gasteiger partial charge in [0.25, 0.3) is 0 Å². The van der Waals surface area contributed by atoms with Gasteiger partial charge >= 0.3 is 0 Å². The summed E-state index contributed by atoms with van der Waals surface area (Å²) in [6, 6.07) is 94.8. The van der Waals surface area contributed by atoms with E-state index in [1.807, 2.05) is 0 Å². The second-order valence-electron chi connectivity index (χ2n) is 17.3. The molecule has 3 nitrogen and oxygen atoms in total. The predicted molar refractivity (Wildman–Crippen MR) is 284 cm³/mol. The minimum absolute atomic E-state index is 1.09. The van der Waals surface area contributed by atoms with Crippen molar-refractivity contribution in [3.05, 3.63) is 261 Å². The number of aromatic nitrogens is 2. The fourth-order valence-electron chi connectivity index (χ4n) is 10.3. The molecule has 0 unspecified atom stereocenters. The summed E-state index contributed by atoms with van der Waals surface area (Å²) >= 11 is 0. The second kappa shape index (κ2) is 16.0. The Kier molecular flexibility index (Phi) is 9.17. The predicted octanol–water partition coefficient (Wildman–Crippen LogP) is 17.5. The quantitative estimate of drug-likeness (QED) is 0.148. The summed E-state index contributed by atoms with van der Waals surface area (Å²) in [6.07, 6.45) is 0. The van der Waals surface area contributed by atoms with Crippen LogP contribution in [0, 0.1) is 0 Å². The number of benzene rings is 11. The van der Waals surface area contributed by atoms with Gasteiger partial charge in [0, 0.05) is 50.0 Å². The van der Waals surface area contributed by atoms with Crippen LogP contribution in [0.3, 0.4) is 0 Å². The summed E-state index contributed by atoms with van der Waals surface area (Å²) in [5.41, 5.74) is 17.5. The van der Waals surface area contributed by atoms with Crippen LogP contribution in [0.4, 0.5) is 17.1 Å². The van der Waals surface area contributed by atoms with E-state index >= 15 is 0 Å². The number of nitrogens with zero attached hydrogens (tertiary/aromatic N) is 3. The molecule has 0 spiro atoms. The molecule has 0 amide bonds. The maximum Gasteiger partial charge on any atom is 0.0547 e. The zero-order valence-corrected chi connectivity index (χ0v) is 36.7. The molecule has 67 heavy (non-hydrogen) atoms. The average molecular weight is 854 g/mol. The van der Waals surface area contributed by atoms with E-state index in [0.717, 1.165) is 28.4 Å².